The predicted octanol–water partition coefficient (Wildman–Crippen LogP) is 1.25. The zero-order valence-corrected chi connectivity index (χ0v) is 8.38. The van der Waals surface area contributed by atoms with E-state index < -0.39 is 0 Å². The molecule has 1 aliphatic rings. The Hall–Kier alpha value is -0.570. The van der Waals surface area contributed by atoms with Crippen LogP contribution >= 0.6 is 0 Å². The fourth-order valence-electron chi connectivity index (χ4n) is 1.88. The van der Waals surface area contributed by atoms with E-state index in [4.69, 9.17) is 0 Å². The van der Waals surface area contributed by atoms with Gasteiger partial charge >= 0.3 is 0 Å². The first kappa shape index (κ1) is 10.5. The molecule has 0 aromatic heterocycles. The number of unbranched alkanes of at least 4 members (excludes halogenated alkanes) is 1. The van der Waals surface area contributed by atoms with E-state index in [1.807, 2.05) is 0 Å². The summed E-state index contributed by atoms with van der Waals surface area (Å²) < 4.78 is 0. The summed E-state index contributed by atoms with van der Waals surface area (Å²) in [6.45, 7) is 3.29. The van der Waals surface area contributed by atoms with Crippen LogP contribution in [0.1, 0.15) is 39.0 Å². The third-order valence-electron chi connectivity index (χ3n) is 2.75. The highest BCUT2D eigenvalue weighted by Gasteiger charge is 2.18. The van der Waals surface area contributed by atoms with E-state index in [0.717, 1.165) is 25.3 Å². The minimum atomic E-state index is 0.218. The molecule has 0 aliphatic carbocycles. The van der Waals surface area contributed by atoms with Crippen molar-refractivity contribution in [2.75, 3.05) is 6.54 Å². The standard InChI is InChI=1S/C10H20N2O/c1-2-3-4-9-5-6-10(11-7-9)12-8-13/h8-11H,2-7H2,1H3,(H,12,13). The molecule has 1 saturated heterocycles. The van der Waals surface area contributed by atoms with Crippen molar-refractivity contribution in [2.45, 2.75) is 45.2 Å². The van der Waals surface area contributed by atoms with Gasteiger partial charge in [0.05, 0.1) is 6.17 Å². The van der Waals surface area contributed by atoms with Crippen molar-refractivity contribution in [1.82, 2.24) is 10.6 Å². The Morgan fingerprint density at radius 3 is 2.92 bits per heavy atom. The molecular formula is C10H20N2O. The van der Waals surface area contributed by atoms with Crippen LogP contribution in [0.25, 0.3) is 0 Å². The first-order valence-corrected chi connectivity index (χ1v) is 5.30. The predicted molar refractivity (Wildman–Crippen MR) is 53.2 cm³/mol. The maximum Gasteiger partial charge on any atom is 0.208 e. The second-order valence-electron chi connectivity index (χ2n) is 3.83. The lowest BCUT2D eigenvalue weighted by Gasteiger charge is -2.29. The van der Waals surface area contributed by atoms with Crippen LogP contribution in [0.3, 0.4) is 0 Å². The zero-order valence-electron chi connectivity index (χ0n) is 8.38. The first-order valence-electron chi connectivity index (χ1n) is 5.30. The van der Waals surface area contributed by atoms with E-state index >= 15 is 0 Å². The molecule has 0 aromatic rings. The highest BCUT2D eigenvalue weighted by molar-refractivity contribution is 5.46. The molecule has 2 unspecified atom stereocenters. The summed E-state index contributed by atoms with van der Waals surface area (Å²) >= 11 is 0. The van der Waals surface area contributed by atoms with Gasteiger partial charge in [0.2, 0.25) is 6.41 Å². The Kier molecular flexibility index (Phi) is 4.83. The highest BCUT2D eigenvalue weighted by atomic mass is 16.1. The molecule has 3 nitrogen and oxygen atoms in total. The lowest BCUT2D eigenvalue weighted by atomic mass is 9.93. The van der Waals surface area contributed by atoms with Gasteiger partial charge in [0, 0.05) is 0 Å². The van der Waals surface area contributed by atoms with Gasteiger partial charge in [-0.1, -0.05) is 19.8 Å². The Balaban J connectivity index is 2.11. The van der Waals surface area contributed by atoms with E-state index in [1.54, 1.807) is 0 Å². The minimum Gasteiger partial charge on any atom is -0.343 e. The summed E-state index contributed by atoms with van der Waals surface area (Å²) in [7, 11) is 0. The maximum absolute atomic E-state index is 10.2. The summed E-state index contributed by atoms with van der Waals surface area (Å²) in [4.78, 5) is 10.2. The number of nitrogens with one attached hydrogen (secondary N) is 2. The second kappa shape index (κ2) is 5.97. The van der Waals surface area contributed by atoms with Gasteiger partial charge in [-0.2, -0.15) is 0 Å². The fourth-order valence-corrected chi connectivity index (χ4v) is 1.88. The Labute approximate surface area is 80.3 Å². The Bertz CT molecular complexity index is 142. The van der Waals surface area contributed by atoms with Crippen LogP contribution < -0.4 is 10.6 Å². The van der Waals surface area contributed by atoms with Crippen LogP contribution in [0.2, 0.25) is 0 Å². The van der Waals surface area contributed by atoms with Crippen LogP contribution in [-0.2, 0) is 4.79 Å². The van der Waals surface area contributed by atoms with Crippen LogP contribution in [-0.4, -0.2) is 19.1 Å². The van der Waals surface area contributed by atoms with Crippen molar-refractivity contribution in [3.05, 3.63) is 0 Å². The maximum atomic E-state index is 10.2. The molecule has 0 saturated carbocycles. The number of carbonyl (C=O) groups excluding carboxylic acids is 1. The summed E-state index contributed by atoms with van der Waals surface area (Å²) in [5, 5.41) is 6.11. The van der Waals surface area contributed by atoms with E-state index in [9.17, 15) is 4.79 Å². The van der Waals surface area contributed by atoms with Gasteiger partial charge in [0.15, 0.2) is 0 Å². The summed E-state index contributed by atoms with van der Waals surface area (Å²) in [6.07, 6.45) is 7.27. The van der Waals surface area contributed by atoms with Crippen LogP contribution in [0.5, 0.6) is 0 Å². The summed E-state index contributed by atoms with van der Waals surface area (Å²) in [5.41, 5.74) is 0. The van der Waals surface area contributed by atoms with Gasteiger partial charge in [-0.05, 0) is 31.7 Å². The second-order valence-corrected chi connectivity index (χ2v) is 3.83. The smallest absolute Gasteiger partial charge is 0.208 e. The van der Waals surface area contributed by atoms with Crippen LogP contribution in [0.15, 0.2) is 0 Å². The number of rotatable bonds is 5. The van der Waals surface area contributed by atoms with Gasteiger partial charge in [-0.3, -0.25) is 10.1 Å². The molecule has 0 aromatic carbocycles. The Morgan fingerprint density at radius 1 is 1.54 bits per heavy atom. The topological polar surface area (TPSA) is 41.1 Å². The SMILES string of the molecule is CCCCC1CCC(NC=O)NC1. The van der Waals surface area contributed by atoms with Crippen molar-refractivity contribution in [1.29, 1.82) is 0 Å². The van der Waals surface area contributed by atoms with Gasteiger partial charge in [-0.25, -0.2) is 0 Å². The number of carbonyl (C=O) groups is 1. The summed E-state index contributed by atoms with van der Waals surface area (Å²) in [6, 6.07) is 0. The molecule has 1 heterocycles. The summed E-state index contributed by atoms with van der Waals surface area (Å²) in [5.74, 6) is 0.824. The molecule has 0 spiro atoms. The van der Waals surface area contributed by atoms with Crippen molar-refractivity contribution >= 4 is 6.41 Å². The molecule has 0 radical (unpaired) electrons. The molecule has 1 fully saturated rings. The van der Waals surface area contributed by atoms with Crippen LogP contribution in [0, 0.1) is 5.92 Å². The lowest BCUT2D eigenvalue weighted by molar-refractivity contribution is -0.110. The molecule has 1 rings (SSSR count). The molecule has 76 valence electrons. The van der Waals surface area contributed by atoms with Crippen molar-refractivity contribution in [3.63, 3.8) is 0 Å². The molecule has 3 heteroatoms. The average molecular weight is 184 g/mol. The van der Waals surface area contributed by atoms with Gasteiger partial charge in [0.1, 0.15) is 0 Å². The van der Waals surface area contributed by atoms with Gasteiger partial charge < -0.3 is 5.32 Å². The lowest BCUT2D eigenvalue weighted by Crippen LogP contribution is -2.47. The van der Waals surface area contributed by atoms with E-state index in [-0.39, 0.29) is 6.17 Å². The number of hydrogen-bond acceptors (Lipinski definition) is 2. The molecule has 1 aliphatic heterocycles. The van der Waals surface area contributed by atoms with Gasteiger partial charge in [-0.15, -0.1) is 0 Å². The Morgan fingerprint density at radius 2 is 2.38 bits per heavy atom. The quantitative estimate of drug-likeness (QED) is 0.631. The molecule has 2 N–H and O–H groups in total. The third kappa shape index (κ3) is 3.77. The normalized spacial score (nSPS) is 28.4. The largest absolute Gasteiger partial charge is 0.343 e. The van der Waals surface area contributed by atoms with Crippen molar-refractivity contribution in [2.24, 2.45) is 5.92 Å². The van der Waals surface area contributed by atoms with Crippen molar-refractivity contribution in [3.8, 4) is 0 Å². The van der Waals surface area contributed by atoms with E-state index in [0.29, 0.717) is 0 Å². The zero-order chi connectivity index (χ0) is 9.52. The fraction of sp³-hybridized carbons (Fsp3) is 0.900. The average Bonchev–Trinajstić information content (AvgIpc) is 2.17. The first-order chi connectivity index (χ1) is 6.36. The van der Waals surface area contributed by atoms with Gasteiger partial charge in [0.25, 0.3) is 0 Å². The van der Waals surface area contributed by atoms with E-state index in [1.165, 1.54) is 25.7 Å². The third-order valence-corrected chi connectivity index (χ3v) is 2.75. The van der Waals surface area contributed by atoms with E-state index in [2.05, 4.69) is 17.6 Å². The highest BCUT2D eigenvalue weighted by Crippen LogP contribution is 2.18. The van der Waals surface area contributed by atoms with Crippen LogP contribution in [0.4, 0.5) is 0 Å². The van der Waals surface area contributed by atoms with Crippen molar-refractivity contribution < 1.29 is 4.79 Å². The molecule has 13 heavy (non-hydrogen) atoms. The number of piperidine rings is 1. The molecule has 2 atom stereocenters. The monoisotopic (exact) mass is 184 g/mol. The number of amides is 1. The molecular weight excluding hydrogens is 164 g/mol. The molecule has 1 amide bonds. The minimum absolute atomic E-state index is 0.218. The molecule has 0 bridgehead atoms. The number of hydrogen-bond donors (Lipinski definition) is 2.